The third kappa shape index (κ3) is 4.80. The first-order chi connectivity index (χ1) is 11.5. The van der Waals surface area contributed by atoms with Gasteiger partial charge in [-0.25, -0.2) is 8.78 Å². The van der Waals surface area contributed by atoms with Crippen molar-refractivity contribution in [2.24, 2.45) is 0 Å². The van der Waals surface area contributed by atoms with Crippen LogP contribution in [0.25, 0.3) is 0 Å². The van der Waals surface area contributed by atoms with E-state index in [0.717, 1.165) is 29.5 Å². The Morgan fingerprint density at radius 1 is 1.17 bits per heavy atom. The lowest BCUT2D eigenvalue weighted by Crippen LogP contribution is -2.33. The lowest BCUT2D eigenvalue weighted by molar-refractivity contribution is -0.116. The molecule has 2 aromatic carbocycles. The lowest BCUT2D eigenvalue weighted by Gasteiger charge is -2.22. The Bertz CT molecular complexity index is 757. The monoisotopic (exact) mass is 346 g/mol. The van der Waals surface area contributed by atoms with Crippen LogP contribution < -0.4 is 4.90 Å². The van der Waals surface area contributed by atoms with E-state index < -0.39 is 11.6 Å². The second-order valence-corrected chi connectivity index (χ2v) is 6.20. The number of carbonyl (C=O) groups is 1. The molecular weight excluding hydrogens is 330 g/mol. The smallest absolute Gasteiger partial charge is 0.237 e. The largest absolute Gasteiger partial charge is 0.311 e. The van der Waals surface area contributed by atoms with E-state index in [1.54, 1.807) is 0 Å². The normalized spacial score (nSPS) is 10.2. The van der Waals surface area contributed by atoms with Gasteiger partial charge in [0.05, 0.1) is 18.2 Å². The summed E-state index contributed by atoms with van der Waals surface area (Å²) in [4.78, 5) is 14.5. The van der Waals surface area contributed by atoms with E-state index in [2.05, 4.69) is 0 Å². The molecule has 0 bridgehead atoms. The maximum Gasteiger partial charge on any atom is 0.237 e. The molecule has 124 valence electrons. The second kappa shape index (κ2) is 8.46. The molecule has 3 nitrogen and oxygen atoms in total. The standard InChI is InChI=1S/C18H16F2N2OS/c1-13-3-5-14(6-4-13)22(10-2-9-21)18(23)12-24-15-7-8-16(19)17(20)11-15/h3-8,11H,2,10,12H2,1H3. The van der Waals surface area contributed by atoms with Crippen LogP contribution in [0.2, 0.25) is 0 Å². The van der Waals surface area contributed by atoms with E-state index >= 15 is 0 Å². The van der Waals surface area contributed by atoms with E-state index in [1.165, 1.54) is 11.0 Å². The zero-order valence-electron chi connectivity index (χ0n) is 13.1. The number of amides is 1. The van der Waals surface area contributed by atoms with Crippen LogP contribution in [-0.4, -0.2) is 18.2 Å². The first-order valence-corrected chi connectivity index (χ1v) is 8.31. The summed E-state index contributed by atoms with van der Waals surface area (Å²) in [5, 5.41) is 8.78. The highest BCUT2D eigenvalue weighted by Gasteiger charge is 2.16. The van der Waals surface area contributed by atoms with E-state index in [-0.39, 0.29) is 24.6 Å². The predicted molar refractivity (Wildman–Crippen MR) is 90.8 cm³/mol. The Balaban J connectivity index is 2.08. The third-order valence-electron chi connectivity index (χ3n) is 3.35. The van der Waals surface area contributed by atoms with Gasteiger partial charge in [-0.15, -0.1) is 11.8 Å². The Morgan fingerprint density at radius 3 is 2.50 bits per heavy atom. The molecular formula is C18H16F2N2OS. The predicted octanol–water partition coefficient (Wildman–Crippen LogP) is 4.31. The molecule has 0 aliphatic heterocycles. The van der Waals surface area contributed by atoms with Gasteiger partial charge < -0.3 is 4.90 Å². The van der Waals surface area contributed by atoms with Crippen molar-refractivity contribution >= 4 is 23.4 Å². The Kier molecular flexibility index (Phi) is 6.33. The Morgan fingerprint density at radius 2 is 1.88 bits per heavy atom. The number of nitrogens with zero attached hydrogens (tertiary/aromatic N) is 2. The van der Waals surface area contributed by atoms with Crippen LogP contribution in [0, 0.1) is 29.9 Å². The first kappa shape index (κ1) is 18.0. The molecule has 0 spiro atoms. The minimum absolute atomic E-state index is 0.0738. The molecule has 0 saturated heterocycles. The lowest BCUT2D eigenvalue weighted by atomic mass is 10.2. The van der Waals surface area contributed by atoms with Gasteiger partial charge in [-0.2, -0.15) is 5.26 Å². The van der Waals surface area contributed by atoms with Crippen molar-refractivity contribution in [3.63, 3.8) is 0 Å². The average Bonchev–Trinajstić information content (AvgIpc) is 2.57. The molecule has 24 heavy (non-hydrogen) atoms. The molecule has 0 saturated carbocycles. The van der Waals surface area contributed by atoms with Crippen LogP contribution in [0.15, 0.2) is 47.4 Å². The van der Waals surface area contributed by atoms with Crippen LogP contribution >= 0.6 is 11.8 Å². The number of aryl methyl sites for hydroxylation is 1. The third-order valence-corrected chi connectivity index (χ3v) is 4.33. The van der Waals surface area contributed by atoms with E-state index in [4.69, 9.17) is 5.26 Å². The van der Waals surface area contributed by atoms with Crippen LogP contribution in [0.5, 0.6) is 0 Å². The number of rotatable bonds is 6. The van der Waals surface area contributed by atoms with Crippen LogP contribution in [0.3, 0.4) is 0 Å². The number of carbonyl (C=O) groups excluding carboxylic acids is 1. The van der Waals surface area contributed by atoms with Gasteiger partial charge in [-0.3, -0.25) is 4.79 Å². The van der Waals surface area contributed by atoms with Gasteiger partial charge in [0, 0.05) is 17.1 Å². The molecule has 0 N–H and O–H groups in total. The summed E-state index contributed by atoms with van der Waals surface area (Å²) in [6.07, 6.45) is 0.218. The first-order valence-electron chi connectivity index (χ1n) is 7.33. The second-order valence-electron chi connectivity index (χ2n) is 5.15. The summed E-state index contributed by atoms with van der Waals surface area (Å²) < 4.78 is 26.1. The van der Waals surface area contributed by atoms with Gasteiger partial charge in [-0.1, -0.05) is 17.7 Å². The van der Waals surface area contributed by atoms with Gasteiger partial charge >= 0.3 is 0 Å². The summed E-state index contributed by atoms with van der Waals surface area (Å²) in [7, 11) is 0. The van der Waals surface area contributed by atoms with Crippen LogP contribution in [0.4, 0.5) is 14.5 Å². The molecule has 0 unspecified atom stereocenters. The van der Waals surface area contributed by atoms with Gasteiger partial charge in [0.15, 0.2) is 11.6 Å². The molecule has 0 fully saturated rings. The van der Waals surface area contributed by atoms with E-state index in [1.807, 2.05) is 37.3 Å². The number of hydrogen-bond donors (Lipinski definition) is 0. The fourth-order valence-corrected chi connectivity index (χ4v) is 2.87. The van der Waals surface area contributed by atoms with Crippen molar-refractivity contribution in [2.45, 2.75) is 18.2 Å². The minimum Gasteiger partial charge on any atom is -0.311 e. The van der Waals surface area contributed by atoms with Gasteiger partial charge in [0.2, 0.25) is 5.91 Å². The molecule has 0 radical (unpaired) electrons. The Hall–Kier alpha value is -2.39. The zero-order chi connectivity index (χ0) is 17.5. The minimum atomic E-state index is -0.938. The number of nitriles is 1. The Labute approximate surface area is 143 Å². The highest BCUT2D eigenvalue weighted by Crippen LogP contribution is 2.23. The zero-order valence-corrected chi connectivity index (χ0v) is 13.9. The highest BCUT2D eigenvalue weighted by molar-refractivity contribution is 8.00. The number of anilines is 1. The van der Waals surface area contributed by atoms with Gasteiger partial charge in [0.25, 0.3) is 0 Å². The molecule has 0 aliphatic carbocycles. The van der Waals surface area contributed by atoms with E-state index in [0.29, 0.717) is 10.6 Å². The number of halogens is 2. The van der Waals surface area contributed by atoms with Crippen molar-refractivity contribution in [3.8, 4) is 6.07 Å². The maximum atomic E-state index is 13.2. The number of thioether (sulfide) groups is 1. The quantitative estimate of drug-likeness (QED) is 0.732. The summed E-state index contributed by atoms with van der Waals surface area (Å²) >= 11 is 1.13. The van der Waals surface area contributed by atoms with Gasteiger partial charge in [0.1, 0.15) is 0 Å². The number of hydrogen-bond acceptors (Lipinski definition) is 3. The van der Waals surface area contributed by atoms with Crippen molar-refractivity contribution in [3.05, 3.63) is 59.7 Å². The van der Waals surface area contributed by atoms with Crippen LogP contribution in [-0.2, 0) is 4.79 Å². The molecule has 2 rings (SSSR count). The van der Waals surface area contributed by atoms with E-state index in [9.17, 15) is 13.6 Å². The van der Waals surface area contributed by atoms with Crippen LogP contribution in [0.1, 0.15) is 12.0 Å². The summed E-state index contributed by atoms with van der Waals surface area (Å²) in [6.45, 7) is 2.24. The molecule has 0 heterocycles. The summed E-state index contributed by atoms with van der Waals surface area (Å²) in [6, 6.07) is 13.0. The SMILES string of the molecule is Cc1ccc(N(CCC#N)C(=O)CSc2ccc(F)c(F)c2)cc1. The van der Waals surface area contributed by atoms with Crippen molar-refractivity contribution in [1.82, 2.24) is 0 Å². The highest BCUT2D eigenvalue weighted by atomic mass is 32.2. The molecule has 6 heteroatoms. The fraction of sp³-hybridized carbons (Fsp3) is 0.222. The summed E-state index contributed by atoms with van der Waals surface area (Å²) in [5.41, 5.74) is 1.79. The topological polar surface area (TPSA) is 44.1 Å². The van der Waals surface area contributed by atoms with Crippen molar-refractivity contribution < 1.29 is 13.6 Å². The summed E-state index contributed by atoms with van der Waals surface area (Å²) in [5.74, 6) is -1.97. The molecule has 1 amide bonds. The average molecular weight is 346 g/mol. The number of benzene rings is 2. The fourth-order valence-electron chi connectivity index (χ4n) is 2.07. The molecule has 0 atom stereocenters. The molecule has 0 aliphatic rings. The maximum absolute atomic E-state index is 13.2. The molecule has 2 aromatic rings. The van der Waals surface area contributed by atoms with Crippen molar-refractivity contribution in [1.29, 1.82) is 5.26 Å². The van der Waals surface area contributed by atoms with Crippen molar-refractivity contribution in [2.75, 3.05) is 17.2 Å². The van der Waals surface area contributed by atoms with Gasteiger partial charge in [-0.05, 0) is 37.3 Å². The molecule has 0 aromatic heterocycles.